The predicted octanol–water partition coefficient (Wildman–Crippen LogP) is 0.684. The van der Waals surface area contributed by atoms with Gasteiger partial charge in [-0.25, -0.2) is 0 Å². The topological polar surface area (TPSA) is 34.1 Å². The van der Waals surface area contributed by atoms with E-state index in [0.717, 1.165) is 24.3 Å². The average Bonchev–Trinajstić information content (AvgIpc) is 3.00. The summed E-state index contributed by atoms with van der Waals surface area (Å²) in [7, 11) is 1.95. The molecule has 5 fully saturated rings. The van der Waals surface area contributed by atoms with Crippen molar-refractivity contribution in [3.05, 3.63) is 0 Å². The zero-order chi connectivity index (χ0) is 14.9. The number of hydrogen-bond donors (Lipinski definition) is 1. The third-order valence-corrected chi connectivity index (χ3v) is 6.38. The van der Waals surface area contributed by atoms with Crippen LogP contribution in [0.2, 0.25) is 0 Å². The van der Waals surface area contributed by atoms with Crippen molar-refractivity contribution >= 4 is 5.96 Å². The Labute approximate surface area is 134 Å². The van der Waals surface area contributed by atoms with Crippen LogP contribution < -0.4 is 5.32 Å². The van der Waals surface area contributed by atoms with Crippen LogP contribution >= 0.6 is 0 Å². The highest BCUT2D eigenvalue weighted by molar-refractivity contribution is 5.80. The van der Waals surface area contributed by atoms with E-state index >= 15 is 0 Å². The molecule has 0 spiro atoms. The molecule has 0 radical (unpaired) electrons. The van der Waals surface area contributed by atoms with Crippen molar-refractivity contribution in [2.24, 2.45) is 16.8 Å². The lowest BCUT2D eigenvalue weighted by molar-refractivity contribution is 0.0152. The van der Waals surface area contributed by atoms with Crippen LogP contribution in [0.3, 0.4) is 0 Å². The van der Waals surface area contributed by atoms with Crippen LogP contribution in [-0.2, 0) is 0 Å². The monoisotopic (exact) mass is 305 g/mol. The maximum Gasteiger partial charge on any atom is 0.193 e. The Morgan fingerprint density at radius 3 is 2.23 bits per heavy atom. The zero-order valence-corrected chi connectivity index (χ0v) is 14.0. The highest BCUT2D eigenvalue weighted by Gasteiger charge is 2.36. The van der Waals surface area contributed by atoms with E-state index < -0.39 is 0 Å². The fourth-order valence-electron chi connectivity index (χ4n) is 5.04. The van der Waals surface area contributed by atoms with Gasteiger partial charge in [0, 0.05) is 65.4 Å². The summed E-state index contributed by atoms with van der Waals surface area (Å²) in [6.07, 6.45) is 5.74. The summed E-state index contributed by atoms with van der Waals surface area (Å²) in [4.78, 5) is 12.4. The molecule has 22 heavy (non-hydrogen) atoms. The van der Waals surface area contributed by atoms with Crippen molar-refractivity contribution in [3.8, 4) is 0 Å². The van der Waals surface area contributed by atoms with E-state index in [1.165, 1.54) is 71.5 Å². The molecule has 2 bridgehead atoms. The second-order valence-corrected chi connectivity index (χ2v) is 7.63. The number of rotatable bonds is 2. The zero-order valence-electron chi connectivity index (χ0n) is 14.0. The number of guanidine groups is 1. The van der Waals surface area contributed by atoms with Gasteiger partial charge in [0.25, 0.3) is 0 Å². The molecule has 0 aromatic heterocycles. The second-order valence-electron chi connectivity index (χ2n) is 7.63. The fourth-order valence-corrected chi connectivity index (χ4v) is 5.04. The molecule has 0 aromatic rings. The molecule has 5 aliphatic rings. The Kier molecular flexibility index (Phi) is 4.27. The summed E-state index contributed by atoms with van der Waals surface area (Å²) in [6.45, 7) is 9.76. The molecular weight excluding hydrogens is 274 g/mol. The lowest BCUT2D eigenvalue weighted by atomic mass is 9.82. The normalized spacial score (nSPS) is 41.6. The minimum atomic E-state index is 0.670. The molecule has 4 heterocycles. The second kappa shape index (κ2) is 6.36. The number of piperazine rings is 3. The van der Waals surface area contributed by atoms with Gasteiger partial charge in [-0.3, -0.25) is 14.8 Å². The van der Waals surface area contributed by atoms with Crippen molar-refractivity contribution in [1.29, 1.82) is 0 Å². The SMILES string of the molecule is CN=C(NCC1CN2CCN1CC2)N1CC2CCCCC2C1. The maximum atomic E-state index is 4.57. The highest BCUT2D eigenvalue weighted by Crippen LogP contribution is 2.35. The van der Waals surface area contributed by atoms with Crippen molar-refractivity contribution in [1.82, 2.24) is 20.0 Å². The smallest absolute Gasteiger partial charge is 0.193 e. The third kappa shape index (κ3) is 2.85. The number of hydrogen-bond acceptors (Lipinski definition) is 3. The van der Waals surface area contributed by atoms with Gasteiger partial charge in [-0.05, 0) is 24.7 Å². The maximum absolute atomic E-state index is 4.57. The molecule has 1 saturated carbocycles. The first-order valence-corrected chi connectivity index (χ1v) is 9.25. The Morgan fingerprint density at radius 1 is 1.00 bits per heavy atom. The summed E-state index contributed by atoms with van der Waals surface area (Å²) >= 11 is 0. The van der Waals surface area contributed by atoms with Crippen LogP contribution in [0.25, 0.3) is 0 Å². The third-order valence-electron chi connectivity index (χ3n) is 6.38. The van der Waals surface area contributed by atoms with Gasteiger partial charge in [-0.1, -0.05) is 12.8 Å². The molecule has 5 heteroatoms. The number of likely N-dealkylation sites (tertiary alicyclic amines) is 1. The molecule has 4 saturated heterocycles. The molecule has 124 valence electrons. The molecule has 3 unspecified atom stereocenters. The summed E-state index contributed by atoms with van der Waals surface area (Å²) in [5, 5.41) is 3.68. The lowest BCUT2D eigenvalue weighted by Gasteiger charge is -2.47. The molecule has 1 aliphatic carbocycles. The molecule has 0 aromatic carbocycles. The molecule has 0 amide bonds. The van der Waals surface area contributed by atoms with Crippen molar-refractivity contribution in [2.45, 2.75) is 31.7 Å². The van der Waals surface area contributed by atoms with Gasteiger partial charge in [0.1, 0.15) is 0 Å². The minimum absolute atomic E-state index is 0.670. The Hall–Kier alpha value is -0.810. The summed E-state index contributed by atoms with van der Waals surface area (Å²) in [5.41, 5.74) is 0. The lowest BCUT2D eigenvalue weighted by Crippen LogP contribution is -2.63. The Bertz CT molecular complexity index is 401. The predicted molar refractivity (Wildman–Crippen MR) is 90.2 cm³/mol. The molecule has 1 N–H and O–H groups in total. The van der Waals surface area contributed by atoms with Crippen molar-refractivity contribution in [2.75, 3.05) is 59.4 Å². The molecular formula is C17H31N5. The van der Waals surface area contributed by atoms with Gasteiger partial charge in [0.2, 0.25) is 0 Å². The minimum Gasteiger partial charge on any atom is -0.355 e. The van der Waals surface area contributed by atoms with Crippen molar-refractivity contribution in [3.63, 3.8) is 0 Å². The van der Waals surface area contributed by atoms with Gasteiger partial charge in [0.05, 0.1) is 0 Å². The summed E-state index contributed by atoms with van der Waals surface area (Å²) < 4.78 is 0. The van der Waals surface area contributed by atoms with Crippen LogP contribution in [0, 0.1) is 11.8 Å². The summed E-state index contributed by atoms with van der Waals surface area (Å²) in [6, 6.07) is 0.670. The molecule has 5 nitrogen and oxygen atoms in total. The van der Waals surface area contributed by atoms with E-state index in [1.54, 1.807) is 0 Å². The van der Waals surface area contributed by atoms with Gasteiger partial charge in [-0.2, -0.15) is 0 Å². The fraction of sp³-hybridized carbons (Fsp3) is 0.941. The molecule has 5 rings (SSSR count). The van der Waals surface area contributed by atoms with Gasteiger partial charge >= 0.3 is 0 Å². The molecule has 4 aliphatic heterocycles. The van der Waals surface area contributed by atoms with Gasteiger partial charge in [-0.15, -0.1) is 0 Å². The van der Waals surface area contributed by atoms with Crippen molar-refractivity contribution < 1.29 is 0 Å². The first kappa shape index (κ1) is 14.8. The highest BCUT2D eigenvalue weighted by atomic mass is 15.4. The van der Waals surface area contributed by atoms with Crippen LogP contribution in [0.15, 0.2) is 4.99 Å². The Morgan fingerprint density at radius 2 is 1.68 bits per heavy atom. The first-order chi connectivity index (χ1) is 10.8. The van der Waals surface area contributed by atoms with Crippen LogP contribution in [-0.4, -0.2) is 86.1 Å². The summed E-state index contributed by atoms with van der Waals surface area (Å²) in [5.74, 6) is 2.99. The van der Waals surface area contributed by atoms with Crippen LogP contribution in [0.1, 0.15) is 25.7 Å². The van der Waals surface area contributed by atoms with E-state index in [9.17, 15) is 0 Å². The van der Waals surface area contributed by atoms with Crippen LogP contribution in [0.5, 0.6) is 0 Å². The largest absolute Gasteiger partial charge is 0.355 e. The van der Waals surface area contributed by atoms with E-state index in [-0.39, 0.29) is 0 Å². The first-order valence-electron chi connectivity index (χ1n) is 9.25. The quantitative estimate of drug-likeness (QED) is 0.601. The number of aliphatic imine (C=N–C) groups is 1. The van der Waals surface area contributed by atoms with E-state index in [0.29, 0.717) is 6.04 Å². The number of nitrogens with zero attached hydrogens (tertiary/aromatic N) is 4. The standard InChI is InChI=1S/C17H31N5/c1-18-17(22-11-14-4-2-3-5-15(14)12-22)19-10-16-13-20-6-8-21(16)9-7-20/h14-16H,2-13H2,1H3,(H,18,19). The number of fused-ring (bicyclic) bond motifs is 4. The van der Waals surface area contributed by atoms with Gasteiger partial charge < -0.3 is 10.2 Å². The Balaban J connectivity index is 1.31. The molecule has 3 atom stereocenters. The number of nitrogens with one attached hydrogen (secondary N) is 1. The van der Waals surface area contributed by atoms with E-state index in [1.807, 2.05) is 7.05 Å². The van der Waals surface area contributed by atoms with Crippen LogP contribution in [0.4, 0.5) is 0 Å². The average molecular weight is 305 g/mol. The van der Waals surface area contributed by atoms with Gasteiger partial charge in [0.15, 0.2) is 5.96 Å². The van der Waals surface area contributed by atoms with E-state index in [2.05, 4.69) is 25.0 Å². The van der Waals surface area contributed by atoms with E-state index in [4.69, 9.17) is 0 Å².